The number of thioether (sulfide) groups is 1. The predicted octanol–water partition coefficient (Wildman–Crippen LogP) is 1.15. The fourth-order valence-electron chi connectivity index (χ4n) is 2.36. The van der Waals surface area contributed by atoms with Gasteiger partial charge in [-0.05, 0) is 25.0 Å². The number of para-hydroxylation sites is 1. The average molecular weight is 396 g/mol. The van der Waals surface area contributed by atoms with Crippen molar-refractivity contribution in [1.29, 1.82) is 0 Å². The molecule has 1 aliphatic carbocycles. The SMILES string of the molecule is Cn1c(CN(c2ccccc2)S(C)(=O)=O)nnc1SCC(=O)NC1CC1. The average Bonchev–Trinajstić information content (AvgIpc) is 3.33. The summed E-state index contributed by atoms with van der Waals surface area (Å²) in [6.45, 7) is 0.0706. The van der Waals surface area contributed by atoms with Crippen molar-refractivity contribution in [2.45, 2.75) is 30.6 Å². The van der Waals surface area contributed by atoms with Crippen molar-refractivity contribution >= 4 is 33.4 Å². The zero-order valence-corrected chi connectivity index (χ0v) is 16.3. The van der Waals surface area contributed by atoms with Gasteiger partial charge in [-0.1, -0.05) is 30.0 Å². The minimum absolute atomic E-state index is 0.0240. The number of aromatic nitrogens is 3. The number of benzene rings is 1. The fraction of sp³-hybridized carbons (Fsp3) is 0.438. The van der Waals surface area contributed by atoms with E-state index in [-0.39, 0.29) is 18.2 Å². The third-order valence-electron chi connectivity index (χ3n) is 3.93. The second-order valence-corrected chi connectivity index (χ2v) is 9.04. The van der Waals surface area contributed by atoms with Crippen LogP contribution < -0.4 is 9.62 Å². The topological polar surface area (TPSA) is 97.2 Å². The van der Waals surface area contributed by atoms with Gasteiger partial charge in [0, 0.05) is 13.1 Å². The molecule has 140 valence electrons. The molecule has 0 aliphatic heterocycles. The fourth-order valence-corrected chi connectivity index (χ4v) is 3.95. The highest BCUT2D eigenvalue weighted by Crippen LogP contribution is 2.22. The maximum absolute atomic E-state index is 12.2. The lowest BCUT2D eigenvalue weighted by Crippen LogP contribution is -2.30. The molecule has 1 aromatic heterocycles. The van der Waals surface area contributed by atoms with Gasteiger partial charge < -0.3 is 9.88 Å². The summed E-state index contributed by atoms with van der Waals surface area (Å²) < 4.78 is 27.4. The van der Waals surface area contributed by atoms with Crippen LogP contribution in [0.3, 0.4) is 0 Å². The Morgan fingerprint density at radius 1 is 1.31 bits per heavy atom. The molecule has 1 N–H and O–H groups in total. The number of amides is 1. The molecule has 0 bridgehead atoms. The molecule has 0 saturated heterocycles. The minimum Gasteiger partial charge on any atom is -0.353 e. The Hall–Kier alpha value is -2.07. The number of hydrogen-bond donors (Lipinski definition) is 1. The van der Waals surface area contributed by atoms with Crippen molar-refractivity contribution in [3.05, 3.63) is 36.2 Å². The van der Waals surface area contributed by atoms with Crippen molar-refractivity contribution in [2.75, 3.05) is 16.3 Å². The normalized spacial score (nSPS) is 14.2. The third-order valence-corrected chi connectivity index (χ3v) is 6.09. The van der Waals surface area contributed by atoms with Crippen LogP contribution in [0.5, 0.6) is 0 Å². The molecule has 0 atom stereocenters. The smallest absolute Gasteiger partial charge is 0.232 e. The van der Waals surface area contributed by atoms with E-state index in [1.807, 2.05) is 6.07 Å². The Morgan fingerprint density at radius 3 is 2.62 bits per heavy atom. The standard InChI is InChI=1S/C16H21N5O3S2/c1-20-14(10-21(26(2,23)24)13-6-4-3-5-7-13)18-19-16(20)25-11-15(22)17-12-8-9-12/h3-7,12H,8-11H2,1-2H3,(H,17,22). The van der Waals surface area contributed by atoms with E-state index < -0.39 is 10.0 Å². The molecule has 1 aliphatic rings. The summed E-state index contributed by atoms with van der Waals surface area (Å²) in [7, 11) is -1.71. The summed E-state index contributed by atoms with van der Waals surface area (Å²) in [5.41, 5.74) is 0.566. The van der Waals surface area contributed by atoms with Crippen LogP contribution in [0.4, 0.5) is 5.69 Å². The van der Waals surface area contributed by atoms with Crippen LogP contribution >= 0.6 is 11.8 Å². The number of hydrogen-bond acceptors (Lipinski definition) is 6. The summed E-state index contributed by atoms with van der Waals surface area (Å²) in [4.78, 5) is 11.8. The first-order valence-electron chi connectivity index (χ1n) is 8.18. The van der Waals surface area contributed by atoms with Crippen LogP contribution in [0.1, 0.15) is 18.7 Å². The van der Waals surface area contributed by atoms with Gasteiger partial charge in [0.1, 0.15) is 0 Å². The summed E-state index contributed by atoms with van der Waals surface area (Å²) >= 11 is 1.29. The molecular formula is C16H21N5O3S2. The molecule has 1 fully saturated rings. The molecule has 1 aromatic carbocycles. The lowest BCUT2D eigenvalue weighted by molar-refractivity contribution is -0.118. The minimum atomic E-state index is -3.47. The van der Waals surface area contributed by atoms with Crippen LogP contribution in [0.25, 0.3) is 0 Å². The Morgan fingerprint density at radius 2 is 2.00 bits per heavy atom. The van der Waals surface area contributed by atoms with Crippen LogP contribution in [0.15, 0.2) is 35.5 Å². The maximum Gasteiger partial charge on any atom is 0.232 e. The van der Waals surface area contributed by atoms with Crippen LogP contribution in [0.2, 0.25) is 0 Å². The highest BCUT2D eigenvalue weighted by molar-refractivity contribution is 7.99. The first kappa shape index (κ1) is 18.7. The monoisotopic (exact) mass is 395 g/mol. The Bertz CT molecular complexity index is 879. The van der Waals surface area contributed by atoms with Gasteiger partial charge in [-0.2, -0.15) is 0 Å². The molecule has 1 saturated carbocycles. The highest BCUT2D eigenvalue weighted by Gasteiger charge is 2.24. The van der Waals surface area contributed by atoms with Gasteiger partial charge in [-0.25, -0.2) is 8.42 Å². The van der Waals surface area contributed by atoms with E-state index in [2.05, 4.69) is 15.5 Å². The summed E-state index contributed by atoms with van der Waals surface area (Å²) in [5, 5.41) is 11.7. The molecule has 0 unspecified atom stereocenters. The largest absolute Gasteiger partial charge is 0.353 e. The molecule has 26 heavy (non-hydrogen) atoms. The zero-order valence-electron chi connectivity index (χ0n) is 14.6. The number of anilines is 1. The molecule has 1 heterocycles. The molecular weight excluding hydrogens is 374 g/mol. The molecule has 0 radical (unpaired) electrons. The molecule has 1 amide bonds. The van der Waals surface area contributed by atoms with E-state index in [1.54, 1.807) is 35.9 Å². The van der Waals surface area contributed by atoms with Gasteiger partial charge in [0.15, 0.2) is 11.0 Å². The van der Waals surface area contributed by atoms with Crippen LogP contribution in [-0.4, -0.2) is 47.1 Å². The quantitative estimate of drug-likeness (QED) is 0.674. The number of nitrogens with zero attached hydrogens (tertiary/aromatic N) is 4. The van der Waals surface area contributed by atoms with Gasteiger partial charge in [-0.15, -0.1) is 10.2 Å². The van der Waals surface area contributed by atoms with E-state index in [0.29, 0.717) is 22.7 Å². The van der Waals surface area contributed by atoms with Crippen LogP contribution in [0, 0.1) is 0 Å². The summed E-state index contributed by atoms with van der Waals surface area (Å²) in [6.07, 6.45) is 3.25. The summed E-state index contributed by atoms with van der Waals surface area (Å²) in [5.74, 6) is 0.741. The number of sulfonamides is 1. The van der Waals surface area contributed by atoms with Gasteiger partial charge in [-0.3, -0.25) is 9.10 Å². The van der Waals surface area contributed by atoms with E-state index >= 15 is 0 Å². The van der Waals surface area contributed by atoms with Crippen molar-refractivity contribution in [2.24, 2.45) is 7.05 Å². The second-order valence-electron chi connectivity index (χ2n) is 6.19. The Kier molecular flexibility index (Phi) is 5.52. The lowest BCUT2D eigenvalue weighted by atomic mass is 10.3. The van der Waals surface area contributed by atoms with E-state index in [9.17, 15) is 13.2 Å². The van der Waals surface area contributed by atoms with Gasteiger partial charge in [0.25, 0.3) is 0 Å². The van der Waals surface area contributed by atoms with Crippen molar-refractivity contribution in [3.8, 4) is 0 Å². The highest BCUT2D eigenvalue weighted by atomic mass is 32.2. The van der Waals surface area contributed by atoms with E-state index in [1.165, 1.54) is 16.1 Å². The zero-order chi connectivity index (χ0) is 18.7. The molecule has 2 aromatic rings. The number of carbonyl (C=O) groups excluding carboxylic acids is 1. The Labute approximate surface area is 157 Å². The molecule has 0 spiro atoms. The molecule has 8 nitrogen and oxygen atoms in total. The van der Waals surface area contributed by atoms with Gasteiger partial charge in [0.05, 0.1) is 24.2 Å². The van der Waals surface area contributed by atoms with Crippen molar-refractivity contribution < 1.29 is 13.2 Å². The molecule has 10 heteroatoms. The van der Waals surface area contributed by atoms with Crippen molar-refractivity contribution in [3.63, 3.8) is 0 Å². The first-order chi connectivity index (χ1) is 12.3. The molecule has 3 rings (SSSR count). The summed E-state index contributed by atoms with van der Waals surface area (Å²) in [6, 6.07) is 9.18. The number of nitrogens with one attached hydrogen (secondary N) is 1. The number of rotatable bonds is 8. The van der Waals surface area contributed by atoms with Gasteiger partial charge in [0.2, 0.25) is 15.9 Å². The van der Waals surface area contributed by atoms with E-state index in [4.69, 9.17) is 0 Å². The first-order valence-corrected chi connectivity index (χ1v) is 11.0. The van der Waals surface area contributed by atoms with Crippen LogP contribution in [-0.2, 0) is 28.4 Å². The van der Waals surface area contributed by atoms with Crippen molar-refractivity contribution in [1.82, 2.24) is 20.1 Å². The maximum atomic E-state index is 12.2. The predicted molar refractivity (Wildman–Crippen MR) is 100 cm³/mol. The third kappa shape index (κ3) is 4.76. The van der Waals surface area contributed by atoms with E-state index in [0.717, 1.165) is 19.1 Å². The second kappa shape index (κ2) is 7.67. The number of carbonyl (C=O) groups is 1. The lowest BCUT2D eigenvalue weighted by Gasteiger charge is -2.21. The Balaban J connectivity index is 1.70. The van der Waals surface area contributed by atoms with Gasteiger partial charge >= 0.3 is 0 Å².